The van der Waals surface area contributed by atoms with Crippen molar-refractivity contribution < 1.29 is 23.6 Å². The van der Waals surface area contributed by atoms with E-state index in [2.05, 4.69) is 0 Å². The molecule has 1 heterocycles. The fraction of sp³-hybridized carbons (Fsp3) is 0.500. The molecule has 1 fully saturated rings. The summed E-state index contributed by atoms with van der Waals surface area (Å²) in [6.07, 6.45) is 3.80. The van der Waals surface area contributed by atoms with Crippen molar-refractivity contribution in [2.45, 2.75) is 45.1 Å². The van der Waals surface area contributed by atoms with Gasteiger partial charge in [0.15, 0.2) is 0 Å². The number of halogens is 1. The van der Waals surface area contributed by atoms with Gasteiger partial charge < -0.3 is 14.4 Å². The molecule has 108 valence electrons. The smallest absolute Gasteiger partial charge is 0.478 e. The molecule has 1 unspecified atom stereocenters. The van der Waals surface area contributed by atoms with Gasteiger partial charge in [-0.25, -0.2) is 9.18 Å². The molecular formula is C14H18BFO4. The van der Waals surface area contributed by atoms with Crippen molar-refractivity contribution in [2.75, 3.05) is 0 Å². The van der Waals surface area contributed by atoms with Crippen molar-refractivity contribution in [3.8, 4) is 0 Å². The lowest BCUT2D eigenvalue weighted by Gasteiger charge is -2.32. The highest BCUT2D eigenvalue weighted by molar-refractivity contribution is 6.55. The highest BCUT2D eigenvalue weighted by atomic mass is 19.1. The second-order valence-electron chi connectivity index (χ2n) is 5.97. The Bertz CT molecular complexity index is 503. The van der Waals surface area contributed by atoms with Crippen LogP contribution in [0, 0.1) is 0 Å². The first-order valence-electron chi connectivity index (χ1n) is 6.46. The van der Waals surface area contributed by atoms with Crippen molar-refractivity contribution in [3.63, 3.8) is 0 Å². The number of carboxylic acids is 1. The molecule has 0 spiro atoms. The minimum absolute atomic E-state index is 0.109. The van der Waals surface area contributed by atoms with Crippen LogP contribution in [0.3, 0.4) is 0 Å². The van der Waals surface area contributed by atoms with Gasteiger partial charge in [-0.3, -0.25) is 0 Å². The zero-order valence-corrected chi connectivity index (χ0v) is 12.0. The summed E-state index contributed by atoms with van der Waals surface area (Å²) in [7, 11) is -0.638. The number of carbonyl (C=O) groups is 1. The van der Waals surface area contributed by atoms with E-state index in [9.17, 15) is 9.18 Å². The minimum atomic E-state index is -1.47. The van der Waals surface area contributed by atoms with Crippen LogP contribution in [-0.2, 0) is 14.1 Å². The Morgan fingerprint density at radius 3 is 2.30 bits per heavy atom. The summed E-state index contributed by atoms with van der Waals surface area (Å²) in [4.78, 5) is 10.6. The Morgan fingerprint density at radius 1 is 1.30 bits per heavy atom. The van der Waals surface area contributed by atoms with Crippen molar-refractivity contribution in [1.29, 1.82) is 0 Å². The third kappa shape index (κ3) is 2.71. The van der Waals surface area contributed by atoms with Crippen LogP contribution < -0.4 is 0 Å². The van der Waals surface area contributed by atoms with Gasteiger partial charge in [0.25, 0.3) is 0 Å². The molecule has 1 N–H and O–H groups in total. The maximum atomic E-state index is 13.9. The van der Waals surface area contributed by atoms with E-state index < -0.39 is 30.5 Å². The third-order valence-corrected chi connectivity index (χ3v) is 3.94. The number of hydrogen-bond acceptors (Lipinski definition) is 3. The molecule has 20 heavy (non-hydrogen) atoms. The summed E-state index contributed by atoms with van der Waals surface area (Å²) in [6, 6.07) is 0. The third-order valence-electron chi connectivity index (χ3n) is 3.94. The molecule has 6 heteroatoms. The Morgan fingerprint density at radius 2 is 1.85 bits per heavy atom. The molecule has 0 saturated carbocycles. The van der Waals surface area contributed by atoms with Gasteiger partial charge >= 0.3 is 13.1 Å². The molecule has 1 saturated heterocycles. The second-order valence-corrected chi connectivity index (χ2v) is 5.97. The van der Waals surface area contributed by atoms with Gasteiger partial charge in [-0.1, -0.05) is 12.2 Å². The van der Waals surface area contributed by atoms with Crippen molar-refractivity contribution in [2.24, 2.45) is 0 Å². The van der Waals surface area contributed by atoms with Gasteiger partial charge in [-0.15, -0.1) is 0 Å². The van der Waals surface area contributed by atoms with E-state index in [1.165, 1.54) is 12.2 Å². The first-order chi connectivity index (χ1) is 9.12. The number of carboxylic acid groups (broad SMARTS) is 1. The van der Waals surface area contributed by atoms with Crippen LogP contribution in [0.25, 0.3) is 0 Å². The molecule has 1 aliphatic heterocycles. The maximum Gasteiger partial charge on any atom is 0.494 e. The van der Waals surface area contributed by atoms with E-state index in [-0.39, 0.29) is 5.57 Å². The van der Waals surface area contributed by atoms with E-state index >= 15 is 0 Å². The zero-order chi connectivity index (χ0) is 15.1. The van der Waals surface area contributed by atoms with Crippen molar-refractivity contribution >= 4 is 13.1 Å². The van der Waals surface area contributed by atoms with Crippen LogP contribution in [-0.4, -0.2) is 35.6 Å². The molecule has 4 nitrogen and oxygen atoms in total. The van der Waals surface area contributed by atoms with Gasteiger partial charge in [-0.05, 0) is 44.8 Å². The maximum absolute atomic E-state index is 13.9. The number of alkyl halides is 1. The van der Waals surface area contributed by atoms with Crippen LogP contribution >= 0.6 is 0 Å². The Kier molecular flexibility index (Phi) is 3.65. The van der Waals surface area contributed by atoms with Gasteiger partial charge in [0.1, 0.15) is 6.17 Å². The summed E-state index contributed by atoms with van der Waals surface area (Å²) >= 11 is 0. The normalized spacial score (nSPS) is 29.6. The molecule has 0 radical (unpaired) electrons. The van der Waals surface area contributed by atoms with Gasteiger partial charge in [0.05, 0.1) is 11.2 Å². The van der Waals surface area contributed by atoms with Crippen LogP contribution in [0.1, 0.15) is 27.7 Å². The summed E-state index contributed by atoms with van der Waals surface area (Å²) in [5, 5.41) is 8.65. The van der Waals surface area contributed by atoms with Crippen LogP contribution in [0.2, 0.25) is 0 Å². The monoisotopic (exact) mass is 280 g/mol. The SMILES string of the molecule is CC1(C)OB(C2=CC(F)/C(=C\C(=O)O)C=C2)OC1(C)C. The fourth-order valence-electron chi connectivity index (χ4n) is 2.01. The van der Waals surface area contributed by atoms with E-state index in [4.69, 9.17) is 14.4 Å². The number of rotatable bonds is 2. The molecule has 1 aliphatic carbocycles. The lowest BCUT2D eigenvalue weighted by Crippen LogP contribution is -2.41. The average molecular weight is 280 g/mol. The average Bonchev–Trinajstić information content (AvgIpc) is 2.50. The van der Waals surface area contributed by atoms with Crippen molar-refractivity contribution in [3.05, 3.63) is 35.3 Å². The molecule has 0 bridgehead atoms. The molecule has 0 aromatic carbocycles. The number of aliphatic carboxylic acids is 1. The largest absolute Gasteiger partial charge is 0.494 e. The summed E-state index contributed by atoms with van der Waals surface area (Å²) in [5.74, 6) is -1.17. The Labute approximate surface area is 118 Å². The van der Waals surface area contributed by atoms with Crippen molar-refractivity contribution in [1.82, 2.24) is 0 Å². The summed E-state index contributed by atoms with van der Waals surface area (Å²) < 4.78 is 25.6. The predicted octanol–water partition coefficient (Wildman–Crippen LogP) is 2.46. The van der Waals surface area contributed by atoms with E-state index in [0.717, 1.165) is 6.08 Å². The Hall–Kier alpha value is -1.40. The van der Waals surface area contributed by atoms with E-state index in [1.54, 1.807) is 6.08 Å². The van der Waals surface area contributed by atoms with E-state index in [0.29, 0.717) is 5.47 Å². The van der Waals surface area contributed by atoms with Crippen LogP contribution in [0.5, 0.6) is 0 Å². The van der Waals surface area contributed by atoms with Crippen LogP contribution in [0.15, 0.2) is 35.3 Å². The van der Waals surface area contributed by atoms with Gasteiger partial charge in [0.2, 0.25) is 0 Å². The summed E-state index contributed by atoms with van der Waals surface area (Å²) in [6.45, 7) is 7.68. The minimum Gasteiger partial charge on any atom is -0.478 e. The molecule has 2 rings (SSSR count). The molecule has 0 amide bonds. The summed E-state index contributed by atoms with van der Waals surface area (Å²) in [5.41, 5.74) is -0.304. The standard InChI is InChI=1S/C14H18BFO4/c1-13(2)14(3,4)20-15(19-13)10-6-5-9(7-12(17)18)11(16)8-10/h5-8,11H,1-4H3,(H,17,18)/b9-7-. The molecule has 0 aromatic rings. The second kappa shape index (κ2) is 4.86. The van der Waals surface area contributed by atoms with E-state index in [1.807, 2.05) is 27.7 Å². The molecule has 2 aliphatic rings. The van der Waals surface area contributed by atoms with Gasteiger partial charge in [-0.2, -0.15) is 0 Å². The van der Waals surface area contributed by atoms with Gasteiger partial charge in [0, 0.05) is 6.08 Å². The number of allylic oxidation sites excluding steroid dienone is 5. The molecule has 1 atom stereocenters. The molecule has 0 aromatic heterocycles. The zero-order valence-electron chi connectivity index (χ0n) is 12.0. The topological polar surface area (TPSA) is 55.8 Å². The van der Waals surface area contributed by atoms with Crippen LogP contribution in [0.4, 0.5) is 4.39 Å². The number of hydrogen-bond donors (Lipinski definition) is 1. The lowest BCUT2D eigenvalue weighted by atomic mass is 9.75. The fourth-order valence-corrected chi connectivity index (χ4v) is 2.01. The highest BCUT2D eigenvalue weighted by Gasteiger charge is 2.52. The molecular weight excluding hydrogens is 262 g/mol. The Balaban J connectivity index is 2.18. The first-order valence-corrected chi connectivity index (χ1v) is 6.46. The first kappa shape index (κ1) is 15.0. The quantitative estimate of drug-likeness (QED) is 0.623. The highest BCUT2D eigenvalue weighted by Crippen LogP contribution is 2.39. The predicted molar refractivity (Wildman–Crippen MR) is 73.9 cm³/mol. The lowest BCUT2D eigenvalue weighted by molar-refractivity contribution is -0.131.